The Morgan fingerprint density at radius 2 is 2.21 bits per heavy atom. The van der Waals surface area contributed by atoms with Crippen molar-refractivity contribution in [3.63, 3.8) is 0 Å². The fourth-order valence-electron chi connectivity index (χ4n) is 2.80. The van der Waals surface area contributed by atoms with Crippen molar-refractivity contribution in [2.24, 2.45) is 11.7 Å². The van der Waals surface area contributed by atoms with Crippen LogP contribution in [0.25, 0.3) is 0 Å². The van der Waals surface area contributed by atoms with Crippen molar-refractivity contribution in [3.05, 3.63) is 29.3 Å². The average Bonchev–Trinajstić information content (AvgIpc) is 3.06. The van der Waals surface area contributed by atoms with Crippen LogP contribution in [0.15, 0.2) is 18.2 Å². The van der Waals surface area contributed by atoms with E-state index in [0.29, 0.717) is 25.1 Å². The fourth-order valence-corrected chi connectivity index (χ4v) is 2.80. The number of rotatable bonds is 2. The fraction of sp³-hybridized carbons (Fsp3) is 0.429. The largest absolute Gasteiger partial charge is 0.384 e. The zero-order chi connectivity index (χ0) is 13.4. The second-order valence-electron chi connectivity index (χ2n) is 5.19. The molecule has 1 atom stereocenters. The highest BCUT2D eigenvalue weighted by Gasteiger charge is 2.30. The molecule has 0 spiro atoms. The Morgan fingerprint density at radius 3 is 2.95 bits per heavy atom. The predicted octanol–water partition coefficient (Wildman–Crippen LogP) is 0.602. The van der Waals surface area contributed by atoms with Gasteiger partial charge in [-0.2, -0.15) is 0 Å². The first-order chi connectivity index (χ1) is 9.15. The quantitative estimate of drug-likeness (QED) is 0.816. The molecule has 1 fully saturated rings. The molecule has 5 nitrogen and oxygen atoms in total. The van der Waals surface area contributed by atoms with Gasteiger partial charge in [-0.3, -0.25) is 9.59 Å². The standard InChI is InChI=1S/C14H17N3O2/c15-13(18)11-4-6-17(8-11)14(19)10-1-2-12-9(7-10)3-5-16-12/h1-2,7,11,16H,3-6,8H2,(H2,15,18). The van der Waals surface area contributed by atoms with Gasteiger partial charge in [-0.25, -0.2) is 0 Å². The highest BCUT2D eigenvalue weighted by molar-refractivity contribution is 5.95. The number of carbonyl (C=O) groups is 2. The maximum atomic E-state index is 12.4. The molecular formula is C14H17N3O2. The van der Waals surface area contributed by atoms with Crippen LogP contribution < -0.4 is 11.1 Å². The first-order valence-corrected chi connectivity index (χ1v) is 6.60. The van der Waals surface area contributed by atoms with E-state index in [1.807, 2.05) is 18.2 Å². The predicted molar refractivity (Wildman–Crippen MR) is 71.8 cm³/mol. The van der Waals surface area contributed by atoms with Gasteiger partial charge in [0.25, 0.3) is 5.91 Å². The topological polar surface area (TPSA) is 75.4 Å². The lowest BCUT2D eigenvalue weighted by Gasteiger charge is -2.16. The minimum absolute atomic E-state index is 0.00144. The molecule has 1 saturated heterocycles. The molecule has 0 aromatic heterocycles. The van der Waals surface area contributed by atoms with Crippen LogP contribution in [0.2, 0.25) is 0 Å². The smallest absolute Gasteiger partial charge is 0.253 e. The molecule has 19 heavy (non-hydrogen) atoms. The van der Waals surface area contributed by atoms with Crippen molar-refractivity contribution in [2.45, 2.75) is 12.8 Å². The summed E-state index contributed by atoms with van der Waals surface area (Å²) < 4.78 is 0. The van der Waals surface area contributed by atoms with Crippen molar-refractivity contribution in [1.29, 1.82) is 0 Å². The van der Waals surface area contributed by atoms with Gasteiger partial charge in [-0.1, -0.05) is 0 Å². The highest BCUT2D eigenvalue weighted by atomic mass is 16.2. The summed E-state index contributed by atoms with van der Waals surface area (Å²) in [5.41, 5.74) is 8.30. The third-order valence-electron chi connectivity index (χ3n) is 3.94. The van der Waals surface area contributed by atoms with E-state index in [0.717, 1.165) is 18.7 Å². The number of nitrogens with one attached hydrogen (secondary N) is 1. The molecule has 2 aliphatic heterocycles. The first kappa shape index (κ1) is 12.0. The Labute approximate surface area is 111 Å². The molecular weight excluding hydrogens is 242 g/mol. The Bertz CT molecular complexity index is 541. The highest BCUT2D eigenvalue weighted by Crippen LogP contribution is 2.25. The van der Waals surface area contributed by atoms with E-state index in [9.17, 15) is 9.59 Å². The number of fused-ring (bicyclic) bond motifs is 1. The SMILES string of the molecule is NC(=O)C1CCN(C(=O)c2ccc3c(c2)CCN3)C1. The number of primary amides is 1. The van der Waals surface area contributed by atoms with E-state index in [2.05, 4.69) is 5.32 Å². The summed E-state index contributed by atoms with van der Waals surface area (Å²) in [6, 6.07) is 5.75. The Balaban J connectivity index is 1.76. The summed E-state index contributed by atoms with van der Waals surface area (Å²) in [6.45, 7) is 1.99. The van der Waals surface area contributed by atoms with Gasteiger partial charge >= 0.3 is 0 Å². The summed E-state index contributed by atoms with van der Waals surface area (Å²) >= 11 is 0. The third kappa shape index (κ3) is 2.16. The molecule has 3 rings (SSSR count). The Hall–Kier alpha value is -2.04. The van der Waals surface area contributed by atoms with Crippen molar-refractivity contribution >= 4 is 17.5 Å². The summed E-state index contributed by atoms with van der Waals surface area (Å²) in [7, 11) is 0. The van der Waals surface area contributed by atoms with Gasteiger partial charge < -0.3 is 16.0 Å². The van der Waals surface area contributed by atoms with E-state index in [1.54, 1.807) is 4.90 Å². The van der Waals surface area contributed by atoms with Gasteiger partial charge in [0.05, 0.1) is 5.92 Å². The van der Waals surface area contributed by atoms with E-state index in [-0.39, 0.29) is 17.7 Å². The van der Waals surface area contributed by atoms with Crippen LogP contribution in [0.1, 0.15) is 22.3 Å². The molecule has 0 saturated carbocycles. The van der Waals surface area contributed by atoms with Crippen LogP contribution in [-0.4, -0.2) is 36.3 Å². The number of nitrogens with two attached hydrogens (primary N) is 1. The number of amides is 2. The molecule has 2 heterocycles. The average molecular weight is 259 g/mol. The molecule has 0 bridgehead atoms. The summed E-state index contributed by atoms with van der Waals surface area (Å²) in [5.74, 6) is -0.507. The molecule has 5 heteroatoms. The molecule has 1 aromatic carbocycles. The van der Waals surface area contributed by atoms with E-state index < -0.39 is 0 Å². The second-order valence-corrected chi connectivity index (χ2v) is 5.19. The molecule has 100 valence electrons. The van der Waals surface area contributed by atoms with Gasteiger partial charge in [0.15, 0.2) is 0 Å². The number of hydrogen-bond acceptors (Lipinski definition) is 3. The number of nitrogens with zero attached hydrogens (tertiary/aromatic N) is 1. The van der Waals surface area contributed by atoms with Crippen molar-refractivity contribution in [3.8, 4) is 0 Å². The monoisotopic (exact) mass is 259 g/mol. The third-order valence-corrected chi connectivity index (χ3v) is 3.94. The second kappa shape index (κ2) is 4.57. The van der Waals surface area contributed by atoms with Gasteiger partial charge in [0.1, 0.15) is 0 Å². The molecule has 3 N–H and O–H groups in total. The Morgan fingerprint density at radius 1 is 1.37 bits per heavy atom. The van der Waals surface area contributed by atoms with E-state index >= 15 is 0 Å². The lowest BCUT2D eigenvalue weighted by atomic mass is 10.1. The van der Waals surface area contributed by atoms with E-state index in [1.165, 1.54) is 5.56 Å². The molecule has 1 aromatic rings. The van der Waals surface area contributed by atoms with Gasteiger partial charge in [0, 0.05) is 30.9 Å². The van der Waals surface area contributed by atoms with Crippen LogP contribution in [0, 0.1) is 5.92 Å². The number of anilines is 1. The first-order valence-electron chi connectivity index (χ1n) is 6.60. The summed E-state index contributed by atoms with van der Waals surface area (Å²) in [4.78, 5) is 25.2. The maximum absolute atomic E-state index is 12.4. The molecule has 2 amide bonds. The normalized spacial score (nSPS) is 21.1. The van der Waals surface area contributed by atoms with Crippen molar-refractivity contribution in [1.82, 2.24) is 4.90 Å². The molecule has 0 radical (unpaired) electrons. The van der Waals surface area contributed by atoms with Crippen LogP contribution >= 0.6 is 0 Å². The minimum atomic E-state index is -0.312. The summed E-state index contributed by atoms with van der Waals surface area (Å²) in [5, 5.41) is 3.27. The van der Waals surface area contributed by atoms with Gasteiger partial charge in [-0.15, -0.1) is 0 Å². The molecule has 2 aliphatic rings. The van der Waals surface area contributed by atoms with E-state index in [4.69, 9.17) is 5.73 Å². The zero-order valence-electron chi connectivity index (χ0n) is 10.7. The number of carbonyl (C=O) groups excluding carboxylic acids is 2. The number of hydrogen-bond donors (Lipinski definition) is 2. The van der Waals surface area contributed by atoms with Crippen LogP contribution in [0.3, 0.4) is 0 Å². The van der Waals surface area contributed by atoms with Crippen molar-refractivity contribution in [2.75, 3.05) is 25.0 Å². The lowest BCUT2D eigenvalue weighted by Crippen LogP contribution is -2.31. The molecule has 0 aliphatic carbocycles. The van der Waals surface area contributed by atoms with Crippen molar-refractivity contribution < 1.29 is 9.59 Å². The van der Waals surface area contributed by atoms with Crippen LogP contribution in [0.4, 0.5) is 5.69 Å². The maximum Gasteiger partial charge on any atom is 0.253 e. The van der Waals surface area contributed by atoms with Crippen LogP contribution in [-0.2, 0) is 11.2 Å². The minimum Gasteiger partial charge on any atom is -0.384 e. The molecule has 1 unspecified atom stereocenters. The number of likely N-dealkylation sites (tertiary alicyclic amines) is 1. The summed E-state index contributed by atoms with van der Waals surface area (Å²) in [6.07, 6.45) is 1.63. The Kier molecular flexibility index (Phi) is 2.89. The zero-order valence-corrected chi connectivity index (χ0v) is 10.7. The van der Waals surface area contributed by atoms with Crippen LogP contribution in [0.5, 0.6) is 0 Å². The van der Waals surface area contributed by atoms with Gasteiger partial charge in [-0.05, 0) is 36.6 Å². The number of benzene rings is 1. The van der Waals surface area contributed by atoms with Gasteiger partial charge in [0.2, 0.25) is 5.91 Å². The lowest BCUT2D eigenvalue weighted by molar-refractivity contribution is -0.121.